The molecule has 0 bridgehead atoms. The van der Waals surface area contributed by atoms with Crippen LogP contribution < -0.4 is 10.2 Å². The summed E-state index contributed by atoms with van der Waals surface area (Å²) in [5.74, 6) is -3.99. The van der Waals surface area contributed by atoms with Crippen molar-refractivity contribution in [2.75, 3.05) is 16.8 Å². The average Bonchev–Trinajstić information content (AvgIpc) is 2.93. The van der Waals surface area contributed by atoms with Gasteiger partial charge in [-0.2, -0.15) is 0 Å². The molecular formula is C22H15F3N2O3. The van der Waals surface area contributed by atoms with Gasteiger partial charge in [0.2, 0.25) is 5.91 Å². The van der Waals surface area contributed by atoms with Crippen molar-refractivity contribution in [3.05, 3.63) is 95.3 Å². The quantitative estimate of drug-likeness (QED) is 0.691. The number of hydrogen-bond acceptors (Lipinski definition) is 3. The van der Waals surface area contributed by atoms with Gasteiger partial charge in [0, 0.05) is 17.2 Å². The van der Waals surface area contributed by atoms with Gasteiger partial charge in [0.05, 0.1) is 11.4 Å². The zero-order valence-electron chi connectivity index (χ0n) is 15.4. The summed E-state index contributed by atoms with van der Waals surface area (Å²) >= 11 is 0. The minimum Gasteiger partial charge on any atom is -0.372 e. The third-order valence-corrected chi connectivity index (χ3v) is 4.89. The number of benzene rings is 3. The summed E-state index contributed by atoms with van der Waals surface area (Å²) in [7, 11) is 0. The Morgan fingerprint density at radius 1 is 0.967 bits per heavy atom. The first-order valence-corrected chi connectivity index (χ1v) is 8.95. The smallest absolute Gasteiger partial charge is 0.268 e. The Morgan fingerprint density at radius 3 is 2.43 bits per heavy atom. The molecule has 4 rings (SSSR count). The van der Waals surface area contributed by atoms with Crippen LogP contribution in [0.25, 0.3) is 0 Å². The van der Waals surface area contributed by atoms with Crippen molar-refractivity contribution in [3.8, 4) is 0 Å². The van der Waals surface area contributed by atoms with E-state index in [1.807, 2.05) is 0 Å². The van der Waals surface area contributed by atoms with Gasteiger partial charge in [0.15, 0.2) is 5.60 Å². The van der Waals surface area contributed by atoms with E-state index in [4.69, 9.17) is 0 Å². The average molecular weight is 412 g/mol. The summed E-state index contributed by atoms with van der Waals surface area (Å²) in [5, 5.41) is 13.5. The third-order valence-electron chi connectivity index (χ3n) is 4.89. The number of aliphatic hydroxyl groups is 1. The first kappa shape index (κ1) is 19.7. The molecule has 0 spiro atoms. The SMILES string of the molecule is O=C(CN1C(=O)C(O)(c2cccc(F)c2)c2ccccc21)Nc1ccc(F)cc1F. The van der Waals surface area contributed by atoms with Crippen LogP contribution in [0.3, 0.4) is 0 Å². The molecule has 8 heteroatoms. The molecule has 0 saturated heterocycles. The number of fused-ring (bicyclic) bond motifs is 1. The number of para-hydroxylation sites is 1. The van der Waals surface area contributed by atoms with Gasteiger partial charge >= 0.3 is 0 Å². The summed E-state index contributed by atoms with van der Waals surface area (Å²) in [6.45, 7) is -0.537. The molecule has 1 heterocycles. The molecule has 3 aromatic rings. The van der Waals surface area contributed by atoms with Crippen LogP contribution in [0.15, 0.2) is 66.7 Å². The van der Waals surface area contributed by atoms with Crippen molar-refractivity contribution < 1.29 is 27.9 Å². The number of anilines is 2. The molecule has 2 N–H and O–H groups in total. The highest BCUT2D eigenvalue weighted by molar-refractivity contribution is 6.12. The minimum atomic E-state index is -2.18. The molecule has 0 saturated carbocycles. The lowest BCUT2D eigenvalue weighted by atomic mass is 9.87. The molecule has 1 aliphatic heterocycles. The lowest BCUT2D eigenvalue weighted by Gasteiger charge is -2.23. The Kier molecular flexibility index (Phi) is 4.79. The van der Waals surface area contributed by atoms with E-state index < -0.39 is 41.4 Å². The van der Waals surface area contributed by atoms with Gasteiger partial charge in [-0.15, -0.1) is 0 Å². The molecule has 1 atom stereocenters. The second kappa shape index (κ2) is 7.31. The maximum Gasteiger partial charge on any atom is 0.268 e. The summed E-state index contributed by atoms with van der Waals surface area (Å²) in [5.41, 5.74) is -1.94. The van der Waals surface area contributed by atoms with Crippen LogP contribution in [-0.4, -0.2) is 23.5 Å². The van der Waals surface area contributed by atoms with Crippen LogP contribution in [0, 0.1) is 17.5 Å². The normalized spacial score (nSPS) is 17.7. The molecule has 0 aliphatic carbocycles. The Morgan fingerprint density at radius 2 is 1.70 bits per heavy atom. The van der Waals surface area contributed by atoms with Crippen molar-refractivity contribution in [1.29, 1.82) is 0 Å². The van der Waals surface area contributed by atoms with Crippen LogP contribution in [0.5, 0.6) is 0 Å². The van der Waals surface area contributed by atoms with Gasteiger partial charge in [-0.1, -0.05) is 30.3 Å². The zero-order valence-corrected chi connectivity index (χ0v) is 15.4. The van der Waals surface area contributed by atoms with E-state index >= 15 is 0 Å². The molecule has 3 aromatic carbocycles. The highest BCUT2D eigenvalue weighted by atomic mass is 19.1. The molecule has 0 radical (unpaired) electrons. The van der Waals surface area contributed by atoms with E-state index in [1.54, 1.807) is 12.1 Å². The molecule has 5 nitrogen and oxygen atoms in total. The number of nitrogens with one attached hydrogen (secondary N) is 1. The fourth-order valence-corrected chi connectivity index (χ4v) is 3.51. The Hall–Kier alpha value is -3.65. The second-order valence-corrected chi connectivity index (χ2v) is 6.80. The van der Waals surface area contributed by atoms with Crippen molar-refractivity contribution in [2.45, 2.75) is 5.60 Å². The van der Waals surface area contributed by atoms with Crippen molar-refractivity contribution in [2.24, 2.45) is 0 Å². The summed E-state index contributed by atoms with van der Waals surface area (Å²) in [4.78, 5) is 26.6. The number of rotatable bonds is 4. The summed E-state index contributed by atoms with van der Waals surface area (Å²) < 4.78 is 40.6. The molecule has 2 amide bonds. The maximum absolute atomic E-state index is 13.8. The van der Waals surface area contributed by atoms with Crippen LogP contribution in [0.1, 0.15) is 11.1 Å². The largest absolute Gasteiger partial charge is 0.372 e. The number of nitrogens with zero attached hydrogens (tertiary/aromatic N) is 1. The number of carbonyl (C=O) groups excluding carboxylic acids is 2. The highest BCUT2D eigenvalue weighted by Crippen LogP contribution is 2.44. The van der Waals surface area contributed by atoms with Crippen LogP contribution >= 0.6 is 0 Å². The molecular weight excluding hydrogens is 397 g/mol. The van der Waals surface area contributed by atoms with Gasteiger partial charge in [0.25, 0.3) is 5.91 Å². The molecule has 30 heavy (non-hydrogen) atoms. The molecule has 1 unspecified atom stereocenters. The zero-order chi connectivity index (χ0) is 21.5. The lowest BCUT2D eigenvalue weighted by molar-refractivity contribution is -0.133. The second-order valence-electron chi connectivity index (χ2n) is 6.80. The number of halogens is 3. The van der Waals surface area contributed by atoms with Crippen LogP contribution in [0.2, 0.25) is 0 Å². The van der Waals surface area contributed by atoms with E-state index in [0.717, 1.165) is 23.1 Å². The molecule has 0 aromatic heterocycles. The van der Waals surface area contributed by atoms with Gasteiger partial charge in [-0.3, -0.25) is 14.5 Å². The Bertz CT molecular complexity index is 1170. The third kappa shape index (κ3) is 3.21. The van der Waals surface area contributed by atoms with Gasteiger partial charge in [-0.25, -0.2) is 13.2 Å². The number of carbonyl (C=O) groups is 2. The molecule has 152 valence electrons. The van der Waals surface area contributed by atoms with E-state index in [0.29, 0.717) is 6.07 Å². The van der Waals surface area contributed by atoms with E-state index in [9.17, 15) is 27.9 Å². The standard InChI is InChI=1S/C22H15F3N2O3/c23-14-5-3-4-13(10-14)22(30)16-6-1-2-7-19(16)27(21(22)29)12-20(28)26-18-9-8-15(24)11-17(18)25/h1-11,30H,12H2,(H,26,28). The maximum atomic E-state index is 13.8. The molecule has 0 fully saturated rings. The van der Waals surface area contributed by atoms with Gasteiger partial charge < -0.3 is 10.4 Å². The number of amides is 2. The fraction of sp³-hybridized carbons (Fsp3) is 0.0909. The van der Waals surface area contributed by atoms with Crippen molar-refractivity contribution >= 4 is 23.2 Å². The van der Waals surface area contributed by atoms with E-state index in [2.05, 4.69) is 5.32 Å². The fourth-order valence-electron chi connectivity index (χ4n) is 3.51. The Labute approximate surface area is 169 Å². The van der Waals surface area contributed by atoms with Gasteiger partial charge in [0.1, 0.15) is 24.0 Å². The predicted molar refractivity (Wildman–Crippen MR) is 103 cm³/mol. The Balaban J connectivity index is 1.66. The van der Waals surface area contributed by atoms with Crippen LogP contribution in [0.4, 0.5) is 24.5 Å². The summed E-state index contributed by atoms with van der Waals surface area (Å²) in [6.07, 6.45) is 0. The number of hydrogen-bond donors (Lipinski definition) is 2. The minimum absolute atomic E-state index is 0.0208. The van der Waals surface area contributed by atoms with Crippen molar-refractivity contribution in [1.82, 2.24) is 0 Å². The highest BCUT2D eigenvalue weighted by Gasteiger charge is 2.51. The monoisotopic (exact) mass is 412 g/mol. The topological polar surface area (TPSA) is 69.6 Å². The van der Waals surface area contributed by atoms with E-state index in [1.165, 1.54) is 30.3 Å². The predicted octanol–water partition coefficient (Wildman–Crippen LogP) is 3.33. The van der Waals surface area contributed by atoms with Gasteiger partial charge in [-0.05, 0) is 30.3 Å². The summed E-state index contributed by atoms with van der Waals surface area (Å²) in [6, 6.07) is 13.9. The van der Waals surface area contributed by atoms with E-state index in [-0.39, 0.29) is 22.5 Å². The first-order chi connectivity index (χ1) is 14.3. The van der Waals surface area contributed by atoms with Crippen molar-refractivity contribution in [3.63, 3.8) is 0 Å². The van der Waals surface area contributed by atoms with Crippen LogP contribution in [-0.2, 0) is 15.2 Å². The molecule has 1 aliphatic rings. The first-order valence-electron chi connectivity index (χ1n) is 8.95. The lowest BCUT2D eigenvalue weighted by Crippen LogP contribution is -2.44.